The fourth-order valence-corrected chi connectivity index (χ4v) is 2.44. The Balaban J connectivity index is 1.83. The summed E-state index contributed by atoms with van der Waals surface area (Å²) in [6.07, 6.45) is 3.75. The molecule has 2 rings (SSSR count). The van der Waals surface area contributed by atoms with Gasteiger partial charge in [-0.25, -0.2) is 0 Å². The summed E-state index contributed by atoms with van der Waals surface area (Å²) >= 11 is 0. The van der Waals surface area contributed by atoms with Gasteiger partial charge in [0.05, 0.1) is 24.1 Å². The molecule has 1 saturated heterocycles. The number of morpholine rings is 1. The predicted molar refractivity (Wildman–Crippen MR) is 75.0 cm³/mol. The molecule has 5 nitrogen and oxygen atoms in total. The predicted octanol–water partition coefficient (Wildman–Crippen LogP) is 1.16. The number of hydrogen-bond acceptors (Lipinski definition) is 5. The summed E-state index contributed by atoms with van der Waals surface area (Å²) in [5, 5.41) is 3.50. The molecule has 0 aliphatic carbocycles. The minimum absolute atomic E-state index is 0.203. The van der Waals surface area contributed by atoms with Crippen LogP contribution in [-0.2, 0) is 4.74 Å². The third-order valence-corrected chi connectivity index (χ3v) is 3.65. The third kappa shape index (κ3) is 3.96. The van der Waals surface area contributed by atoms with Crippen LogP contribution in [0.25, 0.3) is 0 Å². The summed E-state index contributed by atoms with van der Waals surface area (Å²) in [5.74, 6) is 0. The first-order valence-corrected chi connectivity index (χ1v) is 7.05. The lowest BCUT2D eigenvalue weighted by Gasteiger charge is -2.32. The number of nitrogens with zero attached hydrogens (tertiary/aromatic N) is 3. The topological polar surface area (TPSA) is 50.3 Å². The molecule has 0 saturated carbocycles. The number of rotatable bonds is 5. The van der Waals surface area contributed by atoms with E-state index < -0.39 is 0 Å². The first kappa shape index (κ1) is 14.4. The molecule has 2 unspecified atom stereocenters. The lowest BCUT2D eigenvalue weighted by molar-refractivity contribution is -0.0262. The van der Waals surface area contributed by atoms with Crippen molar-refractivity contribution in [3.05, 3.63) is 23.8 Å². The van der Waals surface area contributed by atoms with E-state index in [1.54, 1.807) is 12.4 Å². The minimum atomic E-state index is 0.203. The summed E-state index contributed by atoms with van der Waals surface area (Å²) in [7, 11) is 0. The van der Waals surface area contributed by atoms with E-state index in [1.165, 1.54) is 0 Å². The average molecular weight is 264 g/mol. The van der Waals surface area contributed by atoms with Crippen LogP contribution in [0.15, 0.2) is 12.4 Å². The molecule has 0 bridgehead atoms. The van der Waals surface area contributed by atoms with E-state index in [9.17, 15) is 0 Å². The van der Waals surface area contributed by atoms with Crippen molar-refractivity contribution in [2.24, 2.45) is 0 Å². The molecule has 1 aliphatic heterocycles. The van der Waals surface area contributed by atoms with Crippen LogP contribution in [0.2, 0.25) is 0 Å². The molecule has 1 N–H and O–H groups in total. The molecule has 2 atom stereocenters. The standard InChI is InChI=1S/C14H24N4O/c1-4-18-7-8-19-13(10-18)9-17-12(3)14-11(2)15-5-6-16-14/h5-6,12-13,17H,4,7-10H2,1-3H3. The highest BCUT2D eigenvalue weighted by molar-refractivity contribution is 5.12. The molecule has 0 spiro atoms. The Kier molecular flexibility index (Phi) is 5.24. The number of hydrogen-bond donors (Lipinski definition) is 1. The van der Waals surface area contributed by atoms with Crippen molar-refractivity contribution in [1.29, 1.82) is 0 Å². The SMILES string of the molecule is CCN1CCOC(CNC(C)c2nccnc2C)C1. The highest BCUT2D eigenvalue weighted by atomic mass is 16.5. The van der Waals surface area contributed by atoms with E-state index in [1.807, 2.05) is 6.92 Å². The lowest BCUT2D eigenvalue weighted by Crippen LogP contribution is -2.46. The van der Waals surface area contributed by atoms with Gasteiger partial charge in [0.25, 0.3) is 0 Å². The van der Waals surface area contributed by atoms with Crippen molar-refractivity contribution in [3.63, 3.8) is 0 Å². The largest absolute Gasteiger partial charge is 0.374 e. The maximum atomic E-state index is 5.79. The molecule has 1 aliphatic rings. The Bertz CT molecular complexity index is 399. The van der Waals surface area contributed by atoms with Gasteiger partial charge in [-0.15, -0.1) is 0 Å². The van der Waals surface area contributed by atoms with Crippen molar-refractivity contribution in [2.45, 2.75) is 32.9 Å². The molecule has 1 aromatic rings. The lowest BCUT2D eigenvalue weighted by atomic mass is 10.1. The molecular formula is C14H24N4O. The molecular weight excluding hydrogens is 240 g/mol. The average Bonchev–Trinajstić information content (AvgIpc) is 2.45. The Morgan fingerprint density at radius 3 is 3.00 bits per heavy atom. The van der Waals surface area contributed by atoms with E-state index in [4.69, 9.17) is 4.74 Å². The number of aromatic nitrogens is 2. The van der Waals surface area contributed by atoms with Crippen LogP contribution in [0, 0.1) is 6.92 Å². The van der Waals surface area contributed by atoms with Crippen molar-refractivity contribution >= 4 is 0 Å². The fraction of sp³-hybridized carbons (Fsp3) is 0.714. The second-order valence-corrected chi connectivity index (χ2v) is 5.04. The van der Waals surface area contributed by atoms with Crippen LogP contribution in [0.5, 0.6) is 0 Å². The van der Waals surface area contributed by atoms with Gasteiger partial charge < -0.3 is 10.1 Å². The van der Waals surface area contributed by atoms with Crippen LogP contribution < -0.4 is 5.32 Å². The molecule has 19 heavy (non-hydrogen) atoms. The Hall–Kier alpha value is -1.04. The Labute approximate surface area is 115 Å². The van der Waals surface area contributed by atoms with Gasteiger partial charge in [-0.05, 0) is 20.4 Å². The smallest absolute Gasteiger partial charge is 0.0826 e. The first-order chi connectivity index (χ1) is 9.20. The number of nitrogens with one attached hydrogen (secondary N) is 1. The zero-order chi connectivity index (χ0) is 13.7. The third-order valence-electron chi connectivity index (χ3n) is 3.65. The van der Waals surface area contributed by atoms with Crippen LogP contribution in [0.4, 0.5) is 0 Å². The van der Waals surface area contributed by atoms with Crippen molar-refractivity contribution in [3.8, 4) is 0 Å². The monoisotopic (exact) mass is 264 g/mol. The summed E-state index contributed by atoms with van der Waals surface area (Å²) in [6, 6.07) is 0.203. The summed E-state index contributed by atoms with van der Waals surface area (Å²) in [6.45, 7) is 11.2. The van der Waals surface area contributed by atoms with Gasteiger partial charge >= 0.3 is 0 Å². The molecule has 1 aromatic heterocycles. The van der Waals surface area contributed by atoms with Crippen molar-refractivity contribution in [2.75, 3.05) is 32.8 Å². The number of ether oxygens (including phenoxy) is 1. The van der Waals surface area contributed by atoms with Gasteiger partial charge in [0.2, 0.25) is 0 Å². The second-order valence-electron chi connectivity index (χ2n) is 5.04. The number of likely N-dealkylation sites (N-methyl/N-ethyl adjacent to an activating group) is 1. The summed E-state index contributed by atoms with van der Waals surface area (Å²) in [5.41, 5.74) is 2.01. The fourth-order valence-electron chi connectivity index (χ4n) is 2.44. The maximum Gasteiger partial charge on any atom is 0.0826 e. The molecule has 0 amide bonds. The summed E-state index contributed by atoms with van der Waals surface area (Å²) in [4.78, 5) is 11.1. The summed E-state index contributed by atoms with van der Waals surface area (Å²) < 4.78 is 5.79. The Morgan fingerprint density at radius 1 is 1.47 bits per heavy atom. The maximum absolute atomic E-state index is 5.79. The first-order valence-electron chi connectivity index (χ1n) is 7.05. The molecule has 106 valence electrons. The van der Waals surface area contributed by atoms with Crippen molar-refractivity contribution < 1.29 is 4.74 Å². The van der Waals surface area contributed by atoms with Gasteiger partial charge in [0.15, 0.2) is 0 Å². The van der Waals surface area contributed by atoms with E-state index in [2.05, 4.69) is 34.0 Å². The van der Waals surface area contributed by atoms with E-state index in [0.717, 1.165) is 44.2 Å². The van der Waals surface area contributed by atoms with Crippen LogP contribution in [0.1, 0.15) is 31.3 Å². The molecule has 0 aromatic carbocycles. The number of aryl methyl sites for hydroxylation is 1. The molecule has 5 heteroatoms. The van der Waals surface area contributed by atoms with Crippen molar-refractivity contribution in [1.82, 2.24) is 20.2 Å². The van der Waals surface area contributed by atoms with E-state index in [0.29, 0.717) is 0 Å². The van der Waals surface area contributed by atoms with Gasteiger partial charge in [0.1, 0.15) is 0 Å². The van der Waals surface area contributed by atoms with Gasteiger partial charge in [0, 0.05) is 38.1 Å². The Morgan fingerprint density at radius 2 is 2.26 bits per heavy atom. The van der Waals surface area contributed by atoms with Crippen LogP contribution in [-0.4, -0.2) is 53.8 Å². The van der Waals surface area contributed by atoms with Crippen LogP contribution >= 0.6 is 0 Å². The highest BCUT2D eigenvalue weighted by Gasteiger charge is 2.20. The van der Waals surface area contributed by atoms with E-state index in [-0.39, 0.29) is 12.1 Å². The molecule has 1 fully saturated rings. The highest BCUT2D eigenvalue weighted by Crippen LogP contribution is 2.12. The van der Waals surface area contributed by atoms with Gasteiger partial charge in [-0.1, -0.05) is 6.92 Å². The zero-order valence-electron chi connectivity index (χ0n) is 12.1. The zero-order valence-corrected chi connectivity index (χ0v) is 12.1. The van der Waals surface area contributed by atoms with Crippen LogP contribution in [0.3, 0.4) is 0 Å². The molecule has 2 heterocycles. The quantitative estimate of drug-likeness (QED) is 0.865. The molecule has 0 radical (unpaired) electrons. The van der Waals surface area contributed by atoms with Gasteiger partial charge in [-0.2, -0.15) is 0 Å². The second kappa shape index (κ2) is 6.93. The minimum Gasteiger partial charge on any atom is -0.374 e. The van der Waals surface area contributed by atoms with E-state index >= 15 is 0 Å². The van der Waals surface area contributed by atoms with Gasteiger partial charge in [-0.3, -0.25) is 14.9 Å². The normalized spacial score (nSPS) is 22.4.